The molecule has 112 valence electrons. The molecule has 0 aliphatic carbocycles. The van der Waals surface area contributed by atoms with Crippen LogP contribution in [-0.2, 0) is 11.3 Å². The summed E-state index contributed by atoms with van der Waals surface area (Å²) in [4.78, 5) is 11.9. The van der Waals surface area contributed by atoms with Crippen molar-refractivity contribution in [2.24, 2.45) is 0 Å². The van der Waals surface area contributed by atoms with E-state index in [0.717, 1.165) is 21.1 Å². The van der Waals surface area contributed by atoms with Gasteiger partial charge in [-0.1, -0.05) is 0 Å². The molecule has 1 aromatic heterocycles. The first-order chi connectivity index (χ1) is 10.8. The summed E-state index contributed by atoms with van der Waals surface area (Å²) >= 11 is -0.00625. The zero-order chi connectivity index (χ0) is 15.4. The Morgan fingerprint density at radius 1 is 1.09 bits per heavy atom. The molecule has 0 radical (unpaired) electrons. The molecular weight excluding hydrogens is 343 g/mol. The standard InChI is InChI=1S/C18H16O3Se/c1-2-20-18(19)17-11-14-15(9-6-10-16(14)22-17)21-12-13-7-4-3-5-8-13/h3-11H,2,12H2,1H3. The predicted octanol–water partition coefficient (Wildman–Crippen LogP) is 3.65. The van der Waals surface area contributed by atoms with Crippen LogP contribution in [0.4, 0.5) is 0 Å². The molecule has 3 aromatic rings. The summed E-state index contributed by atoms with van der Waals surface area (Å²) < 4.78 is 12.9. The molecule has 0 bridgehead atoms. The van der Waals surface area contributed by atoms with Crippen LogP contribution < -0.4 is 4.74 Å². The van der Waals surface area contributed by atoms with Gasteiger partial charge in [0.1, 0.15) is 0 Å². The van der Waals surface area contributed by atoms with Crippen molar-refractivity contribution in [3.63, 3.8) is 0 Å². The zero-order valence-corrected chi connectivity index (χ0v) is 14.0. The number of hydrogen-bond acceptors (Lipinski definition) is 3. The van der Waals surface area contributed by atoms with Crippen molar-refractivity contribution in [2.45, 2.75) is 13.5 Å². The molecule has 0 aliphatic heterocycles. The fraction of sp³-hybridized carbons (Fsp3) is 0.167. The molecule has 22 heavy (non-hydrogen) atoms. The van der Waals surface area contributed by atoms with E-state index in [0.29, 0.717) is 13.2 Å². The van der Waals surface area contributed by atoms with Gasteiger partial charge in [0.05, 0.1) is 0 Å². The van der Waals surface area contributed by atoms with E-state index < -0.39 is 0 Å². The van der Waals surface area contributed by atoms with Crippen molar-refractivity contribution in [3.05, 3.63) is 64.6 Å². The summed E-state index contributed by atoms with van der Waals surface area (Å²) in [5.41, 5.74) is 1.12. The molecule has 0 spiro atoms. The number of carbonyl (C=O) groups is 1. The zero-order valence-electron chi connectivity index (χ0n) is 12.2. The van der Waals surface area contributed by atoms with E-state index in [4.69, 9.17) is 9.47 Å². The first kappa shape index (κ1) is 14.9. The fourth-order valence-corrected chi connectivity index (χ4v) is 4.24. The number of rotatable bonds is 5. The maximum atomic E-state index is 11.9. The Bertz CT molecular complexity index is 777. The Morgan fingerprint density at radius 2 is 1.91 bits per heavy atom. The van der Waals surface area contributed by atoms with Gasteiger partial charge in [0.15, 0.2) is 0 Å². The van der Waals surface area contributed by atoms with Crippen molar-refractivity contribution in [1.29, 1.82) is 0 Å². The van der Waals surface area contributed by atoms with E-state index in [-0.39, 0.29) is 20.5 Å². The Balaban J connectivity index is 1.85. The normalized spacial score (nSPS) is 10.6. The molecule has 0 amide bonds. The van der Waals surface area contributed by atoms with E-state index in [1.165, 1.54) is 4.26 Å². The number of fused-ring (bicyclic) bond motifs is 1. The Labute approximate surface area is 135 Å². The van der Waals surface area contributed by atoms with Crippen LogP contribution in [0.25, 0.3) is 9.65 Å². The molecule has 3 rings (SSSR count). The van der Waals surface area contributed by atoms with Gasteiger partial charge in [0.25, 0.3) is 0 Å². The molecule has 0 N–H and O–H groups in total. The molecule has 2 aromatic carbocycles. The fourth-order valence-electron chi connectivity index (χ4n) is 2.20. The summed E-state index contributed by atoms with van der Waals surface area (Å²) in [6, 6.07) is 17.9. The third-order valence-corrected chi connectivity index (χ3v) is 5.50. The molecule has 1 heterocycles. The number of benzene rings is 2. The monoisotopic (exact) mass is 360 g/mol. The average Bonchev–Trinajstić information content (AvgIpc) is 2.99. The van der Waals surface area contributed by atoms with Crippen LogP contribution in [0.2, 0.25) is 0 Å². The van der Waals surface area contributed by atoms with Crippen molar-refractivity contribution in [1.82, 2.24) is 0 Å². The number of hydrogen-bond donors (Lipinski definition) is 0. The molecule has 4 heteroatoms. The van der Waals surface area contributed by atoms with Crippen LogP contribution in [0.15, 0.2) is 54.6 Å². The number of esters is 1. The van der Waals surface area contributed by atoms with Crippen LogP contribution in [0.1, 0.15) is 21.7 Å². The second-order valence-corrected chi connectivity index (χ2v) is 7.05. The van der Waals surface area contributed by atoms with Crippen molar-refractivity contribution in [2.75, 3.05) is 6.61 Å². The second kappa shape index (κ2) is 6.82. The van der Waals surface area contributed by atoms with Gasteiger partial charge in [-0.15, -0.1) is 0 Å². The third kappa shape index (κ3) is 3.24. The molecular formula is C18H16O3Se. The molecule has 0 aliphatic rings. The molecule has 0 unspecified atom stereocenters. The molecule has 3 nitrogen and oxygen atoms in total. The Morgan fingerprint density at radius 3 is 2.68 bits per heavy atom. The van der Waals surface area contributed by atoms with Gasteiger partial charge in [-0.05, 0) is 0 Å². The topological polar surface area (TPSA) is 35.5 Å². The van der Waals surface area contributed by atoms with E-state index in [1.807, 2.05) is 61.5 Å². The Kier molecular flexibility index (Phi) is 4.62. The van der Waals surface area contributed by atoms with Crippen LogP contribution in [0.5, 0.6) is 5.75 Å². The van der Waals surface area contributed by atoms with Crippen LogP contribution >= 0.6 is 0 Å². The second-order valence-electron chi connectivity index (χ2n) is 4.77. The van der Waals surface area contributed by atoms with Gasteiger partial charge in [-0.25, -0.2) is 0 Å². The molecule has 0 saturated carbocycles. The van der Waals surface area contributed by atoms with Gasteiger partial charge >= 0.3 is 135 Å². The minimum absolute atomic E-state index is 0.00625. The number of ether oxygens (including phenoxy) is 2. The molecule has 0 atom stereocenters. The average molecular weight is 359 g/mol. The predicted molar refractivity (Wildman–Crippen MR) is 87.6 cm³/mol. The first-order valence-corrected chi connectivity index (χ1v) is 8.85. The van der Waals surface area contributed by atoms with Crippen LogP contribution in [0, 0.1) is 0 Å². The van der Waals surface area contributed by atoms with Gasteiger partial charge in [0.2, 0.25) is 0 Å². The van der Waals surface area contributed by atoms with E-state index in [9.17, 15) is 4.79 Å². The molecule has 0 fully saturated rings. The SMILES string of the molecule is CCOC(=O)c1cc2c(OCc3ccccc3)cccc2[se]1. The maximum absolute atomic E-state index is 11.9. The summed E-state index contributed by atoms with van der Waals surface area (Å²) in [6.45, 7) is 2.74. The minimum atomic E-state index is -0.215. The van der Waals surface area contributed by atoms with E-state index >= 15 is 0 Å². The quantitative estimate of drug-likeness (QED) is 0.515. The van der Waals surface area contributed by atoms with Gasteiger partial charge < -0.3 is 0 Å². The van der Waals surface area contributed by atoms with E-state index in [1.54, 1.807) is 0 Å². The summed E-state index contributed by atoms with van der Waals surface area (Å²) in [5.74, 6) is 0.607. The van der Waals surface area contributed by atoms with Crippen LogP contribution in [0.3, 0.4) is 0 Å². The van der Waals surface area contributed by atoms with Gasteiger partial charge in [-0.3, -0.25) is 0 Å². The Hall–Kier alpha value is -2.03. The van der Waals surface area contributed by atoms with E-state index in [2.05, 4.69) is 0 Å². The summed E-state index contributed by atoms with van der Waals surface area (Å²) in [7, 11) is 0. The number of carbonyl (C=O) groups excluding carboxylic acids is 1. The summed E-state index contributed by atoms with van der Waals surface area (Å²) in [6.07, 6.45) is 0. The van der Waals surface area contributed by atoms with Crippen molar-refractivity contribution < 1.29 is 14.3 Å². The van der Waals surface area contributed by atoms with Crippen LogP contribution in [-0.4, -0.2) is 27.1 Å². The van der Waals surface area contributed by atoms with Gasteiger partial charge in [0, 0.05) is 0 Å². The van der Waals surface area contributed by atoms with Crippen molar-refractivity contribution >= 4 is 30.1 Å². The molecule has 0 saturated heterocycles. The van der Waals surface area contributed by atoms with Gasteiger partial charge in [-0.2, -0.15) is 0 Å². The van der Waals surface area contributed by atoms with Crippen molar-refractivity contribution in [3.8, 4) is 5.75 Å². The summed E-state index contributed by atoms with van der Waals surface area (Å²) in [5, 5.41) is 1.02. The first-order valence-electron chi connectivity index (χ1n) is 7.14. The third-order valence-electron chi connectivity index (χ3n) is 3.24.